The molecule has 3 rings (SSSR count). The number of hydrogen-bond donors (Lipinski definition) is 1. The van der Waals surface area contributed by atoms with E-state index in [1.807, 2.05) is 0 Å². The minimum absolute atomic E-state index is 0.0797. The third-order valence-corrected chi connectivity index (χ3v) is 4.11. The highest BCUT2D eigenvalue weighted by Gasteiger charge is 2.20. The van der Waals surface area contributed by atoms with Gasteiger partial charge in [0.1, 0.15) is 5.82 Å². The Bertz CT molecular complexity index is 791. The van der Waals surface area contributed by atoms with Gasteiger partial charge in [0.05, 0.1) is 16.1 Å². The number of halogens is 2. The third-order valence-electron chi connectivity index (χ3n) is 3.82. The Balaban J connectivity index is 1.76. The van der Waals surface area contributed by atoms with Crippen molar-refractivity contribution >= 4 is 29.1 Å². The summed E-state index contributed by atoms with van der Waals surface area (Å²) in [6.07, 6.45) is 4.81. The third kappa shape index (κ3) is 3.54. The number of pyridine rings is 1. The van der Waals surface area contributed by atoms with Gasteiger partial charge in [-0.15, -0.1) is 0 Å². The van der Waals surface area contributed by atoms with Gasteiger partial charge in [0.25, 0.3) is 11.8 Å². The van der Waals surface area contributed by atoms with Crippen molar-refractivity contribution in [1.29, 1.82) is 0 Å². The number of hydrogen-bond acceptors (Lipinski definition) is 3. The van der Waals surface area contributed by atoms with Crippen LogP contribution in [0.2, 0.25) is 5.02 Å². The van der Waals surface area contributed by atoms with E-state index < -0.39 is 11.7 Å². The predicted octanol–water partition coefficient (Wildman–Crippen LogP) is 3.36. The van der Waals surface area contributed by atoms with Crippen LogP contribution in [0.15, 0.2) is 36.7 Å². The summed E-state index contributed by atoms with van der Waals surface area (Å²) in [4.78, 5) is 30.4. The zero-order chi connectivity index (χ0) is 17.1. The second-order valence-corrected chi connectivity index (χ2v) is 5.95. The van der Waals surface area contributed by atoms with E-state index in [2.05, 4.69) is 10.3 Å². The molecule has 0 saturated carbocycles. The topological polar surface area (TPSA) is 62.3 Å². The van der Waals surface area contributed by atoms with Crippen molar-refractivity contribution in [3.63, 3.8) is 0 Å². The average Bonchev–Trinajstić information content (AvgIpc) is 3.12. The standard InChI is InChI=1S/C17H15ClFN3O2/c18-14-8-13(3-4-15(14)19)21-16(23)11-7-12(10-20-9-11)17(24)22-5-1-2-6-22/h3-4,7-10H,1-2,5-6H2,(H,21,23). The summed E-state index contributed by atoms with van der Waals surface area (Å²) < 4.78 is 13.2. The summed E-state index contributed by atoms with van der Waals surface area (Å²) in [5, 5.41) is 2.53. The number of carbonyl (C=O) groups excluding carboxylic acids is 2. The SMILES string of the molecule is O=C(Nc1ccc(F)c(Cl)c1)c1cncc(C(=O)N2CCCC2)c1. The van der Waals surface area contributed by atoms with Crippen LogP contribution in [0.25, 0.3) is 0 Å². The van der Waals surface area contributed by atoms with Crippen LogP contribution in [-0.2, 0) is 0 Å². The second kappa shape index (κ2) is 6.97. The molecule has 0 bridgehead atoms. The maximum absolute atomic E-state index is 13.2. The number of benzene rings is 1. The Morgan fingerprint density at radius 2 is 1.83 bits per heavy atom. The Morgan fingerprint density at radius 3 is 2.54 bits per heavy atom. The lowest BCUT2D eigenvalue weighted by Crippen LogP contribution is -2.28. The molecule has 2 amide bonds. The average molecular weight is 348 g/mol. The second-order valence-electron chi connectivity index (χ2n) is 5.54. The van der Waals surface area contributed by atoms with Crippen LogP contribution in [-0.4, -0.2) is 34.8 Å². The van der Waals surface area contributed by atoms with Crippen molar-refractivity contribution in [3.8, 4) is 0 Å². The maximum Gasteiger partial charge on any atom is 0.257 e. The molecule has 1 aliphatic rings. The van der Waals surface area contributed by atoms with E-state index in [4.69, 9.17) is 11.6 Å². The Morgan fingerprint density at radius 1 is 1.12 bits per heavy atom. The summed E-state index contributed by atoms with van der Waals surface area (Å²) in [6, 6.07) is 5.41. The smallest absolute Gasteiger partial charge is 0.257 e. The molecule has 24 heavy (non-hydrogen) atoms. The van der Waals surface area contributed by atoms with Crippen molar-refractivity contribution in [2.75, 3.05) is 18.4 Å². The number of nitrogens with zero attached hydrogens (tertiary/aromatic N) is 2. The number of likely N-dealkylation sites (tertiary alicyclic amines) is 1. The van der Waals surface area contributed by atoms with Crippen LogP contribution in [0.1, 0.15) is 33.6 Å². The number of nitrogens with one attached hydrogen (secondary N) is 1. The fourth-order valence-corrected chi connectivity index (χ4v) is 2.74. The largest absolute Gasteiger partial charge is 0.339 e. The summed E-state index contributed by atoms with van der Waals surface area (Å²) in [5.74, 6) is -1.13. The summed E-state index contributed by atoms with van der Waals surface area (Å²) >= 11 is 5.69. The first-order valence-corrected chi connectivity index (χ1v) is 7.93. The lowest BCUT2D eigenvalue weighted by molar-refractivity contribution is 0.0792. The van der Waals surface area contributed by atoms with Gasteiger partial charge in [-0.3, -0.25) is 14.6 Å². The van der Waals surface area contributed by atoms with Gasteiger partial charge in [-0.05, 0) is 37.1 Å². The molecule has 1 aromatic heterocycles. The highest BCUT2D eigenvalue weighted by Crippen LogP contribution is 2.20. The fourth-order valence-electron chi connectivity index (χ4n) is 2.56. The van der Waals surface area contributed by atoms with Crippen LogP contribution in [0.3, 0.4) is 0 Å². The van der Waals surface area contributed by atoms with Gasteiger partial charge in [0, 0.05) is 31.2 Å². The van der Waals surface area contributed by atoms with Crippen molar-refractivity contribution in [2.24, 2.45) is 0 Å². The fraction of sp³-hybridized carbons (Fsp3) is 0.235. The van der Waals surface area contributed by atoms with Crippen LogP contribution >= 0.6 is 11.6 Å². The van der Waals surface area contributed by atoms with Crippen LogP contribution in [0, 0.1) is 5.82 Å². The van der Waals surface area contributed by atoms with Crippen LogP contribution < -0.4 is 5.32 Å². The molecule has 1 aliphatic heterocycles. The molecule has 2 aromatic rings. The van der Waals surface area contributed by atoms with Crippen LogP contribution in [0.5, 0.6) is 0 Å². The number of amides is 2. The summed E-state index contributed by atoms with van der Waals surface area (Å²) in [7, 11) is 0. The molecule has 1 saturated heterocycles. The molecule has 1 N–H and O–H groups in total. The first-order chi connectivity index (χ1) is 11.5. The molecule has 0 spiro atoms. The lowest BCUT2D eigenvalue weighted by atomic mass is 10.1. The first kappa shape index (κ1) is 16.4. The van der Waals surface area contributed by atoms with E-state index in [9.17, 15) is 14.0 Å². The number of carbonyl (C=O) groups is 2. The maximum atomic E-state index is 13.2. The van der Waals surface area contributed by atoms with Crippen molar-refractivity contribution < 1.29 is 14.0 Å². The molecule has 5 nitrogen and oxygen atoms in total. The molecule has 1 fully saturated rings. The zero-order valence-electron chi connectivity index (χ0n) is 12.8. The summed E-state index contributed by atoms with van der Waals surface area (Å²) in [5.41, 5.74) is 0.991. The van der Waals surface area contributed by atoms with E-state index in [1.165, 1.54) is 36.7 Å². The van der Waals surface area contributed by atoms with Gasteiger partial charge in [0.15, 0.2) is 0 Å². The zero-order valence-corrected chi connectivity index (χ0v) is 13.5. The van der Waals surface area contributed by atoms with Gasteiger partial charge in [-0.1, -0.05) is 11.6 Å². The lowest BCUT2D eigenvalue weighted by Gasteiger charge is -2.15. The van der Waals surface area contributed by atoms with E-state index in [0.717, 1.165) is 25.9 Å². The van der Waals surface area contributed by atoms with E-state index in [1.54, 1.807) is 4.90 Å². The van der Waals surface area contributed by atoms with Gasteiger partial charge in [-0.2, -0.15) is 0 Å². The molecule has 0 atom stereocenters. The van der Waals surface area contributed by atoms with Gasteiger partial charge in [0.2, 0.25) is 0 Å². The summed E-state index contributed by atoms with van der Waals surface area (Å²) in [6.45, 7) is 1.45. The minimum atomic E-state index is -0.561. The van der Waals surface area contributed by atoms with Crippen molar-refractivity contribution in [2.45, 2.75) is 12.8 Å². The molecule has 0 aliphatic carbocycles. The number of aromatic nitrogens is 1. The highest BCUT2D eigenvalue weighted by molar-refractivity contribution is 6.31. The molecule has 2 heterocycles. The molecule has 7 heteroatoms. The molecular weight excluding hydrogens is 333 g/mol. The molecule has 0 radical (unpaired) electrons. The highest BCUT2D eigenvalue weighted by atomic mass is 35.5. The van der Waals surface area contributed by atoms with E-state index in [0.29, 0.717) is 11.3 Å². The normalized spacial score (nSPS) is 13.8. The van der Waals surface area contributed by atoms with Gasteiger partial charge >= 0.3 is 0 Å². The minimum Gasteiger partial charge on any atom is -0.339 e. The molecule has 0 unspecified atom stereocenters. The Labute approximate surface area is 143 Å². The van der Waals surface area contributed by atoms with E-state index in [-0.39, 0.29) is 16.5 Å². The molecule has 1 aromatic carbocycles. The number of rotatable bonds is 3. The Kier molecular flexibility index (Phi) is 4.76. The van der Waals surface area contributed by atoms with Crippen LogP contribution in [0.4, 0.5) is 10.1 Å². The van der Waals surface area contributed by atoms with Crippen molar-refractivity contribution in [1.82, 2.24) is 9.88 Å². The Hall–Kier alpha value is -2.47. The quantitative estimate of drug-likeness (QED) is 0.926. The van der Waals surface area contributed by atoms with Crippen molar-refractivity contribution in [3.05, 3.63) is 58.6 Å². The first-order valence-electron chi connectivity index (χ1n) is 7.55. The molecule has 124 valence electrons. The molecular formula is C17H15ClFN3O2. The monoisotopic (exact) mass is 347 g/mol. The number of anilines is 1. The van der Waals surface area contributed by atoms with Gasteiger partial charge in [-0.25, -0.2) is 4.39 Å². The predicted molar refractivity (Wildman–Crippen MR) is 88.7 cm³/mol. The van der Waals surface area contributed by atoms with E-state index >= 15 is 0 Å². The van der Waals surface area contributed by atoms with Gasteiger partial charge < -0.3 is 10.2 Å².